The van der Waals surface area contributed by atoms with E-state index in [0.29, 0.717) is 18.4 Å². The topological polar surface area (TPSA) is 95.6 Å². The van der Waals surface area contributed by atoms with E-state index in [1.807, 2.05) is 0 Å². The van der Waals surface area contributed by atoms with Crippen LogP contribution in [-0.4, -0.2) is 68.4 Å². The Morgan fingerprint density at radius 3 is 2.56 bits per heavy atom. The van der Waals surface area contributed by atoms with Crippen LogP contribution in [0.1, 0.15) is 38.5 Å². The van der Waals surface area contributed by atoms with Gasteiger partial charge < -0.3 is 15.5 Å². The number of rotatable bonds is 4. The van der Waals surface area contributed by atoms with E-state index < -0.39 is 9.84 Å². The average molecular weight is 394 g/mol. The van der Waals surface area contributed by atoms with Gasteiger partial charge in [-0.3, -0.25) is 9.59 Å². The van der Waals surface area contributed by atoms with E-state index in [2.05, 4.69) is 10.6 Å². The fourth-order valence-corrected chi connectivity index (χ4v) is 5.93. The van der Waals surface area contributed by atoms with Gasteiger partial charge in [0.15, 0.2) is 9.84 Å². The fraction of sp³-hybridized carbons (Fsp3) is 0.875. The highest BCUT2D eigenvalue weighted by molar-refractivity contribution is 7.91. The summed E-state index contributed by atoms with van der Waals surface area (Å²) in [5, 5.41) is 6.16. The molecule has 2 N–H and O–H groups in total. The van der Waals surface area contributed by atoms with Crippen LogP contribution >= 0.6 is 12.4 Å². The van der Waals surface area contributed by atoms with Gasteiger partial charge in [0.1, 0.15) is 0 Å². The normalized spacial score (nSPS) is 33.2. The fourth-order valence-electron chi connectivity index (χ4n) is 4.25. The number of nitrogens with zero attached hydrogens (tertiary/aromatic N) is 1. The lowest BCUT2D eigenvalue weighted by molar-refractivity contribution is -0.136. The molecule has 0 aromatic carbocycles. The Bertz CT molecular complexity index is 599. The molecule has 1 saturated carbocycles. The first kappa shape index (κ1) is 20.5. The highest BCUT2D eigenvalue weighted by Gasteiger charge is 2.39. The summed E-state index contributed by atoms with van der Waals surface area (Å²) in [4.78, 5) is 26.1. The number of likely N-dealkylation sites (N-methyl/N-ethyl adjacent to an activating group) is 1. The molecule has 3 rings (SSSR count). The van der Waals surface area contributed by atoms with E-state index in [4.69, 9.17) is 0 Å². The number of fused-ring (bicyclic) bond motifs is 1. The molecule has 0 bridgehead atoms. The maximum absolute atomic E-state index is 12.6. The number of sulfone groups is 1. The van der Waals surface area contributed by atoms with Gasteiger partial charge in [-0.2, -0.15) is 0 Å². The van der Waals surface area contributed by atoms with Crippen LogP contribution in [-0.2, 0) is 19.4 Å². The number of nitrogens with one attached hydrogen (secondary N) is 2. The number of carbonyl (C=O) groups is 2. The first-order valence-electron chi connectivity index (χ1n) is 8.85. The first-order valence-corrected chi connectivity index (χ1v) is 10.7. The molecule has 2 saturated heterocycles. The lowest BCUT2D eigenvalue weighted by atomic mass is 9.85. The van der Waals surface area contributed by atoms with Gasteiger partial charge in [-0.25, -0.2) is 8.42 Å². The molecule has 4 atom stereocenters. The minimum absolute atomic E-state index is 0. The second kappa shape index (κ2) is 8.22. The molecule has 2 aliphatic heterocycles. The van der Waals surface area contributed by atoms with E-state index >= 15 is 0 Å². The molecular weight excluding hydrogens is 366 g/mol. The predicted molar refractivity (Wildman–Crippen MR) is 97.4 cm³/mol. The third-order valence-corrected chi connectivity index (χ3v) is 7.28. The molecule has 2 amide bonds. The molecule has 144 valence electrons. The van der Waals surface area contributed by atoms with Crippen molar-refractivity contribution in [2.75, 3.05) is 25.1 Å². The van der Waals surface area contributed by atoms with Crippen LogP contribution in [0.3, 0.4) is 0 Å². The summed E-state index contributed by atoms with van der Waals surface area (Å²) in [6.45, 7) is -0.0249. The minimum atomic E-state index is -3.02. The number of halogens is 1. The monoisotopic (exact) mass is 393 g/mol. The summed E-state index contributed by atoms with van der Waals surface area (Å²) >= 11 is 0. The molecule has 4 unspecified atom stereocenters. The van der Waals surface area contributed by atoms with Gasteiger partial charge in [-0.1, -0.05) is 12.8 Å². The molecule has 7 nitrogen and oxygen atoms in total. The van der Waals surface area contributed by atoms with Gasteiger partial charge in [0.05, 0.1) is 24.1 Å². The smallest absolute Gasteiger partial charge is 0.239 e. The van der Waals surface area contributed by atoms with E-state index in [9.17, 15) is 18.0 Å². The maximum Gasteiger partial charge on any atom is 0.239 e. The Hall–Kier alpha value is -0.860. The Morgan fingerprint density at radius 2 is 1.92 bits per heavy atom. The van der Waals surface area contributed by atoms with Crippen molar-refractivity contribution in [2.24, 2.45) is 5.92 Å². The second-order valence-corrected chi connectivity index (χ2v) is 9.70. The minimum Gasteiger partial charge on any atom is -0.351 e. The zero-order valence-corrected chi connectivity index (χ0v) is 16.2. The van der Waals surface area contributed by atoms with Crippen molar-refractivity contribution in [1.82, 2.24) is 15.5 Å². The molecule has 3 aliphatic rings. The van der Waals surface area contributed by atoms with Crippen molar-refractivity contribution in [3.05, 3.63) is 0 Å². The molecule has 3 fully saturated rings. The second-order valence-electron chi connectivity index (χ2n) is 7.47. The van der Waals surface area contributed by atoms with E-state index in [0.717, 1.165) is 12.8 Å². The van der Waals surface area contributed by atoms with Gasteiger partial charge in [0, 0.05) is 19.1 Å². The SMILES string of the molecule is CN(CC(=O)NC1CCS(=O)(=O)C1)C(=O)C1CC2CCCCC2N1.Cl. The molecule has 0 aromatic heterocycles. The van der Waals surface area contributed by atoms with Gasteiger partial charge in [0.25, 0.3) is 0 Å². The maximum atomic E-state index is 12.6. The molecule has 0 spiro atoms. The van der Waals surface area contributed by atoms with Crippen molar-refractivity contribution < 1.29 is 18.0 Å². The third kappa shape index (κ3) is 5.08. The zero-order valence-electron chi connectivity index (χ0n) is 14.6. The zero-order chi connectivity index (χ0) is 17.3. The van der Waals surface area contributed by atoms with Crippen molar-refractivity contribution in [3.63, 3.8) is 0 Å². The summed E-state index contributed by atoms with van der Waals surface area (Å²) in [6, 6.07) is -0.0696. The van der Waals surface area contributed by atoms with Crippen LogP contribution in [0.5, 0.6) is 0 Å². The van der Waals surface area contributed by atoms with E-state index in [1.165, 1.54) is 24.2 Å². The molecule has 0 aromatic rings. The number of amides is 2. The number of hydrogen-bond donors (Lipinski definition) is 2. The summed E-state index contributed by atoms with van der Waals surface area (Å²) in [5.41, 5.74) is 0. The number of hydrogen-bond acceptors (Lipinski definition) is 5. The van der Waals surface area contributed by atoms with Crippen LogP contribution in [0.2, 0.25) is 0 Å². The molecule has 1 aliphatic carbocycles. The van der Waals surface area contributed by atoms with Crippen molar-refractivity contribution in [1.29, 1.82) is 0 Å². The Labute approximate surface area is 155 Å². The van der Waals surface area contributed by atoms with Crippen LogP contribution in [0.25, 0.3) is 0 Å². The van der Waals surface area contributed by atoms with Crippen LogP contribution in [0.15, 0.2) is 0 Å². The quantitative estimate of drug-likeness (QED) is 0.705. The highest BCUT2D eigenvalue weighted by Crippen LogP contribution is 2.33. The van der Waals surface area contributed by atoms with Crippen molar-refractivity contribution in [2.45, 2.75) is 56.7 Å². The van der Waals surface area contributed by atoms with E-state index in [-0.39, 0.29) is 54.4 Å². The molecule has 0 radical (unpaired) electrons. The molecule has 2 heterocycles. The van der Waals surface area contributed by atoms with Crippen LogP contribution in [0.4, 0.5) is 0 Å². The van der Waals surface area contributed by atoms with Gasteiger partial charge in [0.2, 0.25) is 11.8 Å². The first-order chi connectivity index (χ1) is 11.3. The number of carbonyl (C=O) groups excluding carboxylic acids is 2. The lowest BCUT2D eigenvalue weighted by Gasteiger charge is -2.24. The van der Waals surface area contributed by atoms with Crippen LogP contribution in [0, 0.1) is 5.92 Å². The molecule has 25 heavy (non-hydrogen) atoms. The van der Waals surface area contributed by atoms with Gasteiger partial charge in [-0.15, -0.1) is 12.4 Å². The Balaban J connectivity index is 0.00000225. The van der Waals surface area contributed by atoms with Crippen LogP contribution < -0.4 is 10.6 Å². The Morgan fingerprint density at radius 1 is 1.20 bits per heavy atom. The predicted octanol–water partition coefficient (Wildman–Crippen LogP) is 0.0906. The summed E-state index contributed by atoms with van der Waals surface area (Å²) in [5.74, 6) is 0.381. The van der Waals surface area contributed by atoms with Crippen molar-refractivity contribution >= 4 is 34.1 Å². The summed E-state index contributed by atoms with van der Waals surface area (Å²) < 4.78 is 22.9. The summed E-state index contributed by atoms with van der Waals surface area (Å²) in [6.07, 6.45) is 6.09. The highest BCUT2D eigenvalue weighted by atomic mass is 35.5. The summed E-state index contributed by atoms with van der Waals surface area (Å²) in [7, 11) is -1.38. The average Bonchev–Trinajstić information content (AvgIpc) is 3.09. The largest absolute Gasteiger partial charge is 0.351 e. The van der Waals surface area contributed by atoms with Gasteiger partial charge in [-0.05, 0) is 31.6 Å². The van der Waals surface area contributed by atoms with E-state index in [1.54, 1.807) is 7.05 Å². The van der Waals surface area contributed by atoms with Crippen molar-refractivity contribution in [3.8, 4) is 0 Å². The van der Waals surface area contributed by atoms with Gasteiger partial charge >= 0.3 is 0 Å². The third-order valence-electron chi connectivity index (χ3n) is 5.52. The molecule has 9 heteroatoms. The standard InChI is InChI=1S/C16H27N3O4S.ClH/c1-19(9-15(20)17-12-6-7-24(22,23)10-12)16(21)14-8-11-4-2-3-5-13(11)18-14;/h11-14,18H,2-10H2,1H3,(H,17,20);1H. The molecular formula is C16H28ClN3O4S. The lowest BCUT2D eigenvalue weighted by Crippen LogP contribution is -2.48. The Kier molecular flexibility index (Phi) is 6.73.